The maximum absolute atomic E-state index is 9.32. The third-order valence-corrected chi connectivity index (χ3v) is 2.84. The Balaban J connectivity index is 2.73. The summed E-state index contributed by atoms with van der Waals surface area (Å²) in [6.45, 7) is 1.99. The second kappa shape index (κ2) is 3.58. The fourth-order valence-corrected chi connectivity index (χ4v) is 2.01. The minimum atomic E-state index is 0.281. The largest absolute Gasteiger partial charge is 0.508 e. The van der Waals surface area contributed by atoms with Crippen molar-refractivity contribution in [2.45, 2.75) is 12.3 Å². The topological polar surface area (TPSA) is 33.1 Å². The standard InChI is InChI=1S/C11H10BrNO/c1-7-9(6-12)4-8-5-10(14)2-3-11(8)13-7/h2-5,14H,6H2,1H3. The minimum absolute atomic E-state index is 0.281. The lowest BCUT2D eigenvalue weighted by Gasteiger charge is -2.04. The first-order chi connectivity index (χ1) is 6.70. The molecule has 0 aliphatic heterocycles. The van der Waals surface area contributed by atoms with Gasteiger partial charge in [-0.1, -0.05) is 15.9 Å². The molecular formula is C11H10BrNO. The third-order valence-electron chi connectivity index (χ3n) is 2.24. The van der Waals surface area contributed by atoms with Gasteiger partial charge in [-0.25, -0.2) is 0 Å². The molecule has 1 aromatic heterocycles. The van der Waals surface area contributed by atoms with Gasteiger partial charge in [0.25, 0.3) is 0 Å². The van der Waals surface area contributed by atoms with Gasteiger partial charge in [-0.2, -0.15) is 0 Å². The first kappa shape index (κ1) is 9.46. The van der Waals surface area contributed by atoms with Gasteiger partial charge in [-0.15, -0.1) is 0 Å². The highest BCUT2D eigenvalue weighted by molar-refractivity contribution is 9.08. The summed E-state index contributed by atoms with van der Waals surface area (Å²) in [4.78, 5) is 4.45. The summed E-state index contributed by atoms with van der Waals surface area (Å²) in [6.07, 6.45) is 0. The van der Waals surface area contributed by atoms with E-state index in [-0.39, 0.29) is 5.75 Å². The molecule has 0 bridgehead atoms. The molecule has 1 heterocycles. The summed E-state index contributed by atoms with van der Waals surface area (Å²) >= 11 is 3.41. The average molecular weight is 252 g/mol. The molecule has 2 nitrogen and oxygen atoms in total. The number of hydrogen-bond donors (Lipinski definition) is 1. The summed E-state index contributed by atoms with van der Waals surface area (Å²) < 4.78 is 0. The number of pyridine rings is 1. The molecule has 0 aliphatic carbocycles. The van der Waals surface area contributed by atoms with E-state index in [0.29, 0.717) is 0 Å². The van der Waals surface area contributed by atoms with Crippen LogP contribution in [0, 0.1) is 6.92 Å². The molecule has 14 heavy (non-hydrogen) atoms. The molecule has 0 aliphatic rings. The fourth-order valence-electron chi connectivity index (χ4n) is 1.44. The summed E-state index contributed by atoms with van der Waals surface area (Å²) in [7, 11) is 0. The minimum Gasteiger partial charge on any atom is -0.508 e. The number of aromatic nitrogens is 1. The van der Waals surface area contributed by atoms with Gasteiger partial charge in [-0.05, 0) is 36.8 Å². The number of alkyl halides is 1. The van der Waals surface area contributed by atoms with Gasteiger partial charge in [0.15, 0.2) is 0 Å². The SMILES string of the molecule is Cc1nc2ccc(O)cc2cc1CBr. The number of nitrogens with zero attached hydrogens (tertiary/aromatic N) is 1. The normalized spacial score (nSPS) is 10.7. The smallest absolute Gasteiger partial charge is 0.116 e. The number of fused-ring (bicyclic) bond motifs is 1. The summed E-state index contributed by atoms with van der Waals surface area (Å²) in [5.74, 6) is 0.281. The number of halogens is 1. The van der Waals surface area contributed by atoms with E-state index in [1.807, 2.05) is 19.1 Å². The van der Waals surface area contributed by atoms with Gasteiger partial charge in [0.05, 0.1) is 5.52 Å². The molecule has 0 spiro atoms. The van der Waals surface area contributed by atoms with E-state index in [1.165, 1.54) is 0 Å². The number of phenolic OH excluding ortho intramolecular Hbond substituents is 1. The lowest BCUT2D eigenvalue weighted by molar-refractivity contribution is 0.476. The summed E-state index contributed by atoms with van der Waals surface area (Å²) in [6, 6.07) is 7.26. The van der Waals surface area contributed by atoms with E-state index in [1.54, 1.807) is 12.1 Å². The quantitative estimate of drug-likeness (QED) is 0.791. The molecule has 0 amide bonds. The second-order valence-electron chi connectivity index (χ2n) is 3.24. The maximum atomic E-state index is 9.32. The van der Waals surface area contributed by atoms with Crippen molar-refractivity contribution in [1.29, 1.82) is 0 Å². The Morgan fingerprint density at radius 1 is 1.36 bits per heavy atom. The highest BCUT2D eigenvalue weighted by Crippen LogP contribution is 2.22. The Morgan fingerprint density at radius 3 is 2.86 bits per heavy atom. The Morgan fingerprint density at radius 2 is 2.14 bits per heavy atom. The van der Waals surface area contributed by atoms with Crippen molar-refractivity contribution in [2.24, 2.45) is 0 Å². The van der Waals surface area contributed by atoms with Crippen LogP contribution in [0.5, 0.6) is 5.75 Å². The Hall–Kier alpha value is -1.09. The van der Waals surface area contributed by atoms with Crippen molar-refractivity contribution in [1.82, 2.24) is 4.98 Å². The first-order valence-electron chi connectivity index (χ1n) is 4.36. The van der Waals surface area contributed by atoms with Gasteiger partial charge < -0.3 is 5.11 Å². The zero-order valence-electron chi connectivity index (χ0n) is 7.79. The fraction of sp³-hybridized carbons (Fsp3) is 0.182. The van der Waals surface area contributed by atoms with E-state index in [4.69, 9.17) is 0 Å². The molecule has 3 heteroatoms. The number of phenols is 1. The van der Waals surface area contributed by atoms with Crippen LogP contribution in [0.4, 0.5) is 0 Å². The van der Waals surface area contributed by atoms with Gasteiger partial charge >= 0.3 is 0 Å². The lowest BCUT2D eigenvalue weighted by Crippen LogP contribution is -1.90. The second-order valence-corrected chi connectivity index (χ2v) is 3.80. The van der Waals surface area contributed by atoms with E-state index in [0.717, 1.165) is 27.5 Å². The van der Waals surface area contributed by atoms with Crippen LogP contribution in [0.1, 0.15) is 11.3 Å². The van der Waals surface area contributed by atoms with E-state index in [9.17, 15) is 5.11 Å². The molecule has 2 aromatic rings. The van der Waals surface area contributed by atoms with Crippen LogP contribution >= 0.6 is 15.9 Å². The number of aryl methyl sites for hydroxylation is 1. The van der Waals surface area contributed by atoms with Gasteiger partial charge in [0, 0.05) is 16.4 Å². The predicted octanol–water partition coefficient (Wildman–Crippen LogP) is 3.14. The molecule has 0 radical (unpaired) electrons. The maximum Gasteiger partial charge on any atom is 0.116 e. The van der Waals surface area contributed by atoms with Crippen LogP contribution in [-0.4, -0.2) is 10.1 Å². The zero-order chi connectivity index (χ0) is 10.1. The van der Waals surface area contributed by atoms with Crippen molar-refractivity contribution >= 4 is 26.8 Å². The van der Waals surface area contributed by atoms with Gasteiger partial charge in [-0.3, -0.25) is 4.98 Å². The Bertz CT molecular complexity index is 482. The van der Waals surface area contributed by atoms with Crippen LogP contribution in [0.25, 0.3) is 10.9 Å². The molecule has 0 fully saturated rings. The van der Waals surface area contributed by atoms with Crippen LogP contribution in [0.3, 0.4) is 0 Å². The Kier molecular flexibility index (Phi) is 2.42. The third kappa shape index (κ3) is 1.60. The van der Waals surface area contributed by atoms with E-state index in [2.05, 4.69) is 20.9 Å². The number of rotatable bonds is 1. The molecule has 0 saturated carbocycles. The number of benzene rings is 1. The van der Waals surface area contributed by atoms with Crippen molar-refractivity contribution in [3.8, 4) is 5.75 Å². The molecule has 0 atom stereocenters. The molecule has 2 rings (SSSR count). The van der Waals surface area contributed by atoms with Crippen molar-refractivity contribution in [3.63, 3.8) is 0 Å². The van der Waals surface area contributed by atoms with Gasteiger partial charge in [0.2, 0.25) is 0 Å². The van der Waals surface area contributed by atoms with Crippen LogP contribution in [0.2, 0.25) is 0 Å². The van der Waals surface area contributed by atoms with Crippen LogP contribution in [0.15, 0.2) is 24.3 Å². The molecule has 0 unspecified atom stereocenters. The van der Waals surface area contributed by atoms with Crippen LogP contribution in [-0.2, 0) is 5.33 Å². The van der Waals surface area contributed by atoms with Crippen molar-refractivity contribution in [2.75, 3.05) is 0 Å². The number of aromatic hydroxyl groups is 1. The predicted molar refractivity (Wildman–Crippen MR) is 60.8 cm³/mol. The molecule has 72 valence electrons. The van der Waals surface area contributed by atoms with Crippen molar-refractivity contribution in [3.05, 3.63) is 35.5 Å². The highest BCUT2D eigenvalue weighted by Gasteiger charge is 2.02. The Labute approximate surface area is 90.7 Å². The average Bonchev–Trinajstić information content (AvgIpc) is 2.17. The number of hydrogen-bond acceptors (Lipinski definition) is 2. The van der Waals surface area contributed by atoms with E-state index >= 15 is 0 Å². The van der Waals surface area contributed by atoms with Crippen LogP contribution < -0.4 is 0 Å². The molecular weight excluding hydrogens is 242 g/mol. The van der Waals surface area contributed by atoms with Crippen molar-refractivity contribution < 1.29 is 5.11 Å². The van der Waals surface area contributed by atoms with E-state index < -0.39 is 0 Å². The lowest BCUT2D eigenvalue weighted by atomic mass is 10.1. The van der Waals surface area contributed by atoms with Gasteiger partial charge in [0.1, 0.15) is 5.75 Å². The summed E-state index contributed by atoms with van der Waals surface area (Å²) in [5.41, 5.74) is 3.10. The molecule has 1 aromatic carbocycles. The molecule has 1 N–H and O–H groups in total. The monoisotopic (exact) mass is 251 g/mol. The molecule has 0 saturated heterocycles. The highest BCUT2D eigenvalue weighted by atomic mass is 79.9. The zero-order valence-corrected chi connectivity index (χ0v) is 9.37. The first-order valence-corrected chi connectivity index (χ1v) is 5.48. The summed E-state index contributed by atoms with van der Waals surface area (Å²) in [5, 5.41) is 11.1.